The number of nitrogens with zero attached hydrogens (tertiary/aromatic N) is 2. The molecule has 0 spiro atoms. The number of carbonyl (C=O) groups is 5. The Labute approximate surface area is 351 Å². The molecule has 15 nitrogen and oxygen atoms in total. The van der Waals surface area contributed by atoms with Crippen molar-refractivity contribution < 1.29 is 58.8 Å². The summed E-state index contributed by atoms with van der Waals surface area (Å²) in [5.74, 6) is -2.59. The molecule has 0 heterocycles. The number of aliphatic carboxylic acids is 2. The van der Waals surface area contributed by atoms with Gasteiger partial charge < -0.3 is 54.8 Å². The molecule has 15 heteroatoms. The van der Waals surface area contributed by atoms with Crippen LogP contribution >= 0.6 is 0 Å². The molecule has 0 atom stereocenters. The first kappa shape index (κ1) is 75.0. The van der Waals surface area contributed by atoms with Gasteiger partial charge in [-0.25, -0.2) is 0 Å². The summed E-state index contributed by atoms with van der Waals surface area (Å²) < 4.78 is 14.6. The largest absolute Gasteiger partial charge is 0.550 e. The van der Waals surface area contributed by atoms with Gasteiger partial charge in [0.1, 0.15) is 13.2 Å². The molecule has 0 rings (SSSR count). The van der Waals surface area contributed by atoms with E-state index in [4.69, 9.17) is 19.7 Å². The number of esters is 3. The molecular weight excluding hydrogens is 736 g/mol. The Morgan fingerprint density at radius 2 is 1.11 bits per heavy atom. The van der Waals surface area contributed by atoms with Gasteiger partial charge in [0.15, 0.2) is 0 Å². The highest BCUT2D eigenvalue weighted by molar-refractivity contribution is 5.70. The standard InChI is InChI=1S/C15H29NO5.C8H14O4.C7H15NO2.2C4H11N.4CH4/c1-3-9-16(2)10-8-15(19)21-13-12-20-14(18)7-5-4-6-11-17;1-7(9)12-6-4-2-3-5-8(10)11;1-3-5-8(2)6-4-7(9)10;2*1-3-4-5-2;;;;/h17H,3-13H2,1-2H3;2-6H2,1H3,(H,10,11);3-6H2,1-2H3,(H,9,10);2*5H,3-4H2,1-2H3;4*1H4. The van der Waals surface area contributed by atoms with Crippen molar-refractivity contribution in [3.63, 3.8) is 0 Å². The van der Waals surface area contributed by atoms with E-state index in [0.29, 0.717) is 58.2 Å². The van der Waals surface area contributed by atoms with Crippen LogP contribution in [-0.2, 0) is 38.2 Å². The number of aliphatic hydroxyl groups excluding tert-OH is 1. The highest BCUT2D eigenvalue weighted by Crippen LogP contribution is 2.01. The third-order valence-electron chi connectivity index (χ3n) is 6.67. The number of ether oxygens (including phenoxy) is 3. The quantitative estimate of drug-likeness (QED) is 0.0476. The topological polar surface area (TPSA) is 212 Å². The van der Waals surface area contributed by atoms with Crippen LogP contribution in [0, 0.1) is 0 Å². The lowest BCUT2D eigenvalue weighted by molar-refractivity contribution is -0.626. The average Bonchev–Trinajstić information content (AvgIpc) is 3.10. The highest BCUT2D eigenvalue weighted by Gasteiger charge is 2.07. The SMILES string of the molecule is C.C.C.C.CC(=O)OCCCCCC(=O)[O-].CCCN(C)CCC(=O)O.CCCN(C)CCC(=O)OCCOC(=O)CCCCCO.CCCNC.CCC[NH2+]C. The van der Waals surface area contributed by atoms with Crippen LogP contribution in [-0.4, -0.2) is 144 Å². The molecule has 0 aliphatic heterocycles. The molecular formula is C42H96N4O11. The molecule has 5 N–H and O–H groups in total. The zero-order valence-corrected chi connectivity index (χ0v) is 35.0. The zero-order valence-electron chi connectivity index (χ0n) is 35.0. The van der Waals surface area contributed by atoms with Gasteiger partial charge in [-0.3, -0.25) is 19.2 Å². The van der Waals surface area contributed by atoms with E-state index in [1.165, 1.54) is 26.3 Å². The van der Waals surface area contributed by atoms with Gasteiger partial charge in [-0.05, 0) is 105 Å². The van der Waals surface area contributed by atoms with Crippen LogP contribution in [0.2, 0.25) is 0 Å². The molecule has 0 radical (unpaired) electrons. The fourth-order valence-corrected chi connectivity index (χ4v) is 3.87. The van der Waals surface area contributed by atoms with E-state index in [2.05, 4.69) is 55.0 Å². The van der Waals surface area contributed by atoms with Gasteiger partial charge in [0.2, 0.25) is 0 Å². The maximum absolute atomic E-state index is 11.4. The molecule has 0 aromatic carbocycles. The molecule has 0 aromatic heterocycles. The maximum atomic E-state index is 11.4. The maximum Gasteiger partial charge on any atom is 0.307 e. The van der Waals surface area contributed by atoms with E-state index in [9.17, 15) is 29.1 Å². The van der Waals surface area contributed by atoms with E-state index >= 15 is 0 Å². The molecule has 0 unspecified atom stereocenters. The van der Waals surface area contributed by atoms with Gasteiger partial charge in [-0.2, -0.15) is 0 Å². The summed E-state index contributed by atoms with van der Waals surface area (Å²) in [6, 6.07) is 0. The Balaban J connectivity index is -0.0000000785. The van der Waals surface area contributed by atoms with Crippen LogP contribution in [0.4, 0.5) is 0 Å². The summed E-state index contributed by atoms with van der Waals surface area (Å²) in [7, 11) is 7.95. The van der Waals surface area contributed by atoms with Crippen molar-refractivity contribution >= 4 is 29.8 Å². The molecule has 0 aliphatic rings. The van der Waals surface area contributed by atoms with Crippen molar-refractivity contribution in [2.75, 3.05) is 93.9 Å². The summed E-state index contributed by atoms with van der Waals surface area (Å²) in [6.45, 7) is 16.3. The Morgan fingerprint density at radius 3 is 1.46 bits per heavy atom. The van der Waals surface area contributed by atoms with Crippen LogP contribution in [0.25, 0.3) is 0 Å². The molecule has 0 bridgehead atoms. The minimum absolute atomic E-state index is 0. The number of carboxylic acid groups (broad SMARTS) is 2. The highest BCUT2D eigenvalue weighted by atomic mass is 16.6. The first-order chi connectivity index (χ1) is 25.2. The molecule has 0 aromatic rings. The second-order valence-electron chi connectivity index (χ2n) is 12.3. The monoisotopic (exact) mass is 833 g/mol. The summed E-state index contributed by atoms with van der Waals surface area (Å²) >= 11 is 0. The van der Waals surface area contributed by atoms with Crippen LogP contribution < -0.4 is 15.7 Å². The van der Waals surface area contributed by atoms with E-state index in [-0.39, 0.29) is 80.3 Å². The van der Waals surface area contributed by atoms with Gasteiger partial charge in [0.25, 0.3) is 0 Å². The van der Waals surface area contributed by atoms with Crippen molar-refractivity contribution in [2.45, 2.75) is 154 Å². The third kappa shape index (κ3) is 90.7. The molecule has 350 valence electrons. The van der Waals surface area contributed by atoms with Crippen molar-refractivity contribution in [3.05, 3.63) is 0 Å². The Hall–Kier alpha value is -2.85. The number of nitrogens with two attached hydrogens (primary N) is 1. The van der Waals surface area contributed by atoms with E-state index in [1.54, 1.807) is 0 Å². The van der Waals surface area contributed by atoms with Crippen molar-refractivity contribution in [1.29, 1.82) is 0 Å². The lowest BCUT2D eigenvalue weighted by atomic mass is 10.2. The fraction of sp³-hybridized carbons (Fsp3) is 0.881. The van der Waals surface area contributed by atoms with Gasteiger partial charge in [0, 0.05) is 39.0 Å². The minimum Gasteiger partial charge on any atom is -0.550 e. The summed E-state index contributed by atoms with van der Waals surface area (Å²) in [5.41, 5.74) is 0. The van der Waals surface area contributed by atoms with Gasteiger partial charge in [-0.1, -0.05) is 63.8 Å². The Kier molecular flexibility index (Phi) is 85.6. The summed E-state index contributed by atoms with van der Waals surface area (Å²) in [4.78, 5) is 57.1. The summed E-state index contributed by atoms with van der Waals surface area (Å²) in [6.07, 6.45) is 9.96. The fourth-order valence-electron chi connectivity index (χ4n) is 3.87. The number of carbonyl (C=O) groups excluding carboxylic acids is 4. The second kappa shape index (κ2) is 65.0. The number of aliphatic hydroxyl groups is 1. The number of hydrogen-bond acceptors (Lipinski definition) is 13. The van der Waals surface area contributed by atoms with Crippen molar-refractivity contribution in [3.8, 4) is 0 Å². The number of rotatable bonds is 28. The number of carboxylic acids is 2. The van der Waals surface area contributed by atoms with Gasteiger partial charge in [-0.15, -0.1) is 0 Å². The zero-order chi connectivity index (χ0) is 41.5. The smallest absolute Gasteiger partial charge is 0.307 e. The van der Waals surface area contributed by atoms with Crippen molar-refractivity contribution in [1.82, 2.24) is 15.1 Å². The number of unbranched alkanes of at least 4 members (excludes halogenated alkanes) is 4. The lowest BCUT2D eigenvalue weighted by Gasteiger charge is -2.14. The Bertz CT molecular complexity index is 795. The normalized spacial score (nSPS) is 9.19. The summed E-state index contributed by atoms with van der Waals surface area (Å²) in [5, 5.41) is 32.0. The average molecular weight is 833 g/mol. The van der Waals surface area contributed by atoms with Gasteiger partial charge in [0.05, 0.1) is 33.0 Å². The lowest BCUT2D eigenvalue weighted by Crippen LogP contribution is -2.79. The Morgan fingerprint density at radius 1 is 0.632 bits per heavy atom. The number of nitrogens with one attached hydrogen (secondary N) is 1. The van der Waals surface area contributed by atoms with Crippen LogP contribution in [0.5, 0.6) is 0 Å². The predicted molar refractivity (Wildman–Crippen MR) is 234 cm³/mol. The molecule has 0 amide bonds. The van der Waals surface area contributed by atoms with Gasteiger partial charge >= 0.3 is 23.9 Å². The van der Waals surface area contributed by atoms with Crippen LogP contribution in [0.1, 0.15) is 154 Å². The molecule has 0 aliphatic carbocycles. The second-order valence-corrected chi connectivity index (χ2v) is 12.3. The predicted octanol–water partition coefficient (Wildman–Crippen LogP) is 4.77. The first-order valence-electron chi connectivity index (χ1n) is 19.5. The molecule has 57 heavy (non-hydrogen) atoms. The molecule has 0 saturated heterocycles. The number of quaternary nitrogens is 1. The number of hydrogen-bond donors (Lipinski definition) is 4. The molecule has 0 saturated carbocycles. The van der Waals surface area contributed by atoms with Crippen molar-refractivity contribution in [2.24, 2.45) is 0 Å². The minimum atomic E-state index is -1.03. The van der Waals surface area contributed by atoms with E-state index in [0.717, 1.165) is 45.3 Å². The third-order valence-corrected chi connectivity index (χ3v) is 6.67. The van der Waals surface area contributed by atoms with Crippen LogP contribution in [0.15, 0.2) is 0 Å². The van der Waals surface area contributed by atoms with E-state index in [1.807, 2.05) is 26.0 Å². The molecule has 0 fully saturated rings. The first-order valence-corrected chi connectivity index (χ1v) is 19.5. The van der Waals surface area contributed by atoms with Crippen LogP contribution in [0.3, 0.4) is 0 Å². The van der Waals surface area contributed by atoms with E-state index < -0.39 is 11.9 Å².